The Morgan fingerprint density at radius 2 is 2.11 bits per heavy atom. The Balaban J connectivity index is 3.04. The van der Waals surface area contributed by atoms with Crippen molar-refractivity contribution < 1.29 is 14.8 Å². The van der Waals surface area contributed by atoms with E-state index in [4.69, 9.17) is 5.73 Å². The SMILES string of the molecule is CC(C)C(N)C(=O)Nc1c(O)cccc1[N+](=O)[O-]. The highest BCUT2D eigenvalue weighted by Gasteiger charge is 2.23. The smallest absolute Gasteiger partial charge is 0.296 e. The van der Waals surface area contributed by atoms with E-state index in [0.717, 1.165) is 0 Å². The molecule has 0 radical (unpaired) electrons. The monoisotopic (exact) mass is 253 g/mol. The Hall–Kier alpha value is -2.15. The number of amides is 1. The summed E-state index contributed by atoms with van der Waals surface area (Å²) in [6.07, 6.45) is 0. The van der Waals surface area contributed by atoms with Gasteiger partial charge in [0, 0.05) is 6.07 Å². The van der Waals surface area contributed by atoms with Gasteiger partial charge in [0.15, 0.2) is 5.69 Å². The van der Waals surface area contributed by atoms with Crippen LogP contribution in [-0.2, 0) is 4.79 Å². The van der Waals surface area contributed by atoms with Crippen molar-refractivity contribution in [1.29, 1.82) is 0 Å². The van der Waals surface area contributed by atoms with Crippen molar-refractivity contribution >= 4 is 17.3 Å². The van der Waals surface area contributed by atoms with E-state index in [1.807, 2.05) is 0 Å². The number of hydrogen-bond donors (Lipinski definition) is 3. The quantitative estimate of drug-likeness (QED) is 0.423. The average molecular weight is 253 g/mol. The number of carbonyl (C=O) groups is 1. The Kier molecular flexibility index (Phi) is 4.22. The number of rotatable bonds is 4. The first-order valence-electron chi connectivity index (χ1n) is 5.37. The van der Waals surface area contributed by atoms with Crippen LogP contribution in [0.3, 0.4) is 0 Å². The molecule has 4 N–H and O–H groups in total. The van der Waals surface area contributed by atoms with E-state index in [2.05, 4.69) is 5.32 Å². The number of nitrogens with zero attached hydrogens (tertiary/aromatic N) is 1. The summed E-state index contributed by atoms with van der Waals surface area (Å²) in [5, 5.41) is 22.6. The van der Waals surface area contributed by atoms with Gasteiger partial charge in [-0.3, -0.25) is 14.9 Å². The molecule has 0 bridgehead atoms. The van der Waals surface area contributed by atoms with E-state index >= 15 is 0 Å². The van der Waals surface area contributed by atoms with E-state index in [9.17, 15) is 20.0 Å². The van der Waals surface area contributed by atoms with Crippen molar-refractivity contribution in [2.24, 2.45) is 11.7 Å². The van der Waals surface area contributed by atoms with Gasteiger partial charge in [-0.15, -0.1) is 0 Å². The summed E-state index contributed by atoms with van der Waals surface area (Å²) in [4.78, 5) is 21.8. The molecule has 98 valence electrons. The van der Waals surface area contributed by atoms with Gasteiger partial charge in [-0.1, -0.05) is 19.9 Å². The molecule has 0 aliphatic carbocycles. The van der Waals surface area contributed by atoms with Crippen LogP contribution < -0.4 is 11.1 Å². The van der Waals surface area contributed by atoms with Crippen LogP contribution in [0.5, 0.6) is 5.75 Å². The molecule has 0 heterocycles. The Bertz CT molecular complexity index is 473. The second-order valence-electron chi connectivity index (χ2n) is 4.19. The molecular formula is C11H15N3O4. The summed E-state index contributed by atoms with van der Waals surface area (Å²) >= 11 is 0. The van der Waals surface area contributed by atoms with E-state index in [-0.39, 0.29) is 23.0 Å². The first-order valence-corrected chi connectivity index (χ1v) is 5.37. The largest absolute Gasteiger partial charge is 0.505 e. The van der Waals surface area contributed by atoms with Crippen LogP contribution in [0.15, 0.2) is 18.2 Å². The number of nitro benzene ring substituents is 1. The maximum absolute atomic E-state index is 11.7. The van der Waals surface area contributed by atoms with E-state index in [1.165, 1.54) is 18.2 Å². The maximum atomic E-state index is 11.7. The molecule has 0 fully saturated rings. The van der Waals surface area contributed by atoms with Crippen LogP contribution in [-0.4, -0.2) is 22.0 Å². The van der Waals surface area contributed by atoms with E-state index in [1.54, 1.807) is 13.8 Å². The van der Waals surface area contributed by atoms with Crippen LogP contribution in [0.4, 0.5) is 11.4 Å². The lowest BCUT2D eigenvalue weighted by molar-refractivity contribution is -0.384. The zero-order valence-corrected chi connectivity index (χ0v) is 10.1. The van der Waals surface area contributed by atoms with Crippen LogP contribution >= 0.6 is 0 Å². The summed E-state index contributed by atoms with van der Waals surface area (Å²) in [5.74, 6) is -1.06. The fourth-order valence-corrected chi connectivity index (χ4v) is 1.32. The molecule has 1 aromatic rings. The summed E-state index contributed by atoms with van der Waals surface area (Å²) in [6, 6.07) is 2.97. The molecule has 0 spiro atoms. The summed E-state index contributed by atoms with van der Waals surface area (Å²) in [7, 11) is 0. The van der Waals surface area contributed by atoms with Crippen LogP contribution in [0.2, 0.25) is 0 Å². The lowest BCUT2D eigenvalue weighted by atomic mass is 10.0. The Labute approximate surface area is 104 Å². The van der Waals surface area contributed by atoms with Gasteiger partial charge in [-0.25, -0.2) is 0 Å². The van der Waals surface area contributed by atoms with Crippen molar-refractivity contribution in [2.75, 3.05) is 5.32 Å². The van der Waals surface area contributed by atoms with E-state index in [0.29, 0.717) is 0 Å². The van der Waals surface area contributed by atoms with Gasteiger partial charge in [0.05, 0.1) is 11.0 Å². The van der Waals surface area contributed by atoms with Crippen molar-refractivity contribution in [3.63, 3.8) is 0 Å². The van der Waals surface area contributed by atoms with Crippen LogP contribution in [0.25, 0.3) is 0 Å². The van der Waals surface area contributed by atoms with Gasteiger partial charge < -0.3 is 16.2 Å². The number of aromatic hydroxyl groups is 1. The molecule has 18 heavy (non-hydrogen) atoms. The molecule has 1 amide bonds. The molecule has 1 unspecified atom stereocenters. The zero-order chi connectivity index (χ0) is 13.9. The van der Waals surface area contributed by atoms with Gasteiger partial charge in [0.2, 0.25) is 5.91 Å². The lowest BCUT2D eigenvalue weighted by Crippen LogP contribution is -2.39. The minimum atomic E-state index is -0.802. The first kappa shape index (κ1) is 13.9. The molecule has 0 aromatic heterocycles. The molecular weight excluding hydrogens is 238 g/mol. The normalized spacial score (nSPS) is 12.2. The average Bonchev–Trinajstić information content (AvgIpc) is 2.30. The van der Waals surface area contributed by atoms with Crippen molar-refractivity contribution in [3.05, 3.63) is 28.3 Å². The topological polar surface area (TPSA) is 118 Å². The number of nitrogens with one attached hydrogen (secondary N) is 1. The molecule has 7 nitrogen and oxygen atoms in total. The molecule has 0 saturated heterocycles. The zero-order valence-electron chi connectivity index (χ0n) is 10.1. The third kappa shape index (κ3) is 2.95. The number of benzene rings is 1. The lowest BCUT2D eigenvalue weighted by Gasteiger charge is -2.15. The third-order valence-electron chi connectivity index (χ3n) is 2.49. The molecule has 1 aromatic carbocycles. The standard InChI is InChI=1S/C11H15N3O4/c1-6(2)9(12)11(16)13-10-7(14(17)18)4-3-5-8(10)15/h3-6,9,15H,12H2,1-2H3,(H,13,16). The predicted octanol–water partition coefficient (Wildman–Crippen LogP) is 1.22. The highest BCUT2D eigenvalue weighted by Crippen LogP contribution is 2.33. The summed E-state index contributed by atoms with van der Waals surface area (Å²) in [5.41, 5.74) is 5.01. The molecule has 0 saturated carbocycles. The predicted molar refractivity (Wildman–Crippen MR) is 66.2 cm³/mol. The first-order chi connectivity index (χ1) is 8.34. The second-order valence-corrected chi connectivity index (χ2v) is 4.19. The molecule has 0 aliphatic rings. The number of nitro groups is 1. The third-order valence-corrected chi connectivity index (χ3v) is 2.49. The number of carbonyl (C=O) groups excluding carboxylic acids is 1. The van der Waals surface area contributed by atoms with Crippen molar-refractivity contribution in [1.82, 2.24) is 0 Å². The van der Waals surface area contributed by atoms with Crippen LogP contribution in [0, 0.1) is 16.0 Å². The van der Waals surface area contributed by atoms with Crippen molar-refractivity contribution in [2.45, 2.75) is 19.9 Å². The van der Waals surface area contributed by atoms with Crippen LogP contribution in [0.1, 0.15) is 13.8 Å². The molecule has 1 rings (SSSR count). The number of hydrogen-bond acceptors (Lipinski definition) is 5. The number of anilines is 1. The summed E-state index contributed by atoms with van der Waals surface area (Å²) in [6.45, 7) is 3.51. The molecule has 1 atom stereocenters. The van der Waals surface area contributed by atoms with E-state index < -0.39 is 16.9 Å². The highest BCUT2D eigenvalue weighted by molar-refractivity contribution is 5.98. The fourth-order valence-electron chi connectivity index (χ4n) is 1.32. The minimum Gasteiger partial charge on any atom is -0.505 e. The van der Waals surface area contributed by atoms with Gasteiger partial charge >= 0.3 is 0 Å². The number of para-hydroxylation sites is 1. The fraction of sp³-hybridized carbons (Fsp3) is 0.364. The summed E-state index contributed by atoms with van der Waals surface area (Å²) < 4.78 is 0. The molecule has 0 aliphatic heterocycles. The minimum absolute atomic E-state index is 0.116. The second kappa shape index (κ2) is 5.46. The number of nitrogens with two attached hydrogens (primary N) is 1. The number of phenolic OH excluding ortho intramolecular Hbond substituents is 1. The Morgan fingerprint density at radius 3 is 2.61 bits per heavy atom. The maximum Gasteiger partial charge on any atom is 0.296 e. The van der Waals surface area contributed by atoms with Gasteiger partial charge in [-0.05, 0) is 12.0 Å². The van der Waals surface area contributed by atoms with Gasteiger partial charge in [0.1, 0.15) is 5.75 Å². The van der Waals surface area contributed by atoms with Gasteiger partial charge in [-0.2, -0.15) is 0 Å². The number of phenols is 1. The highest BCUT2D eigenvalue weighted by atomic mass is 16.6. The van der Waals surface area contributed by atoms with Crippen molar-refractivity contribution in [3.8, 4) is 5.75 Å². The Morgan fingerprint density at radius 1 is 1.50 bits per heavy atom. The van der Waals surface area contributed by atoms with Gasteiger partial charge in [0.25, 0.3) is 5.69 Å². The molecule has 7 heteroatoms.